The van der Waals surface area contributed by atoms with Crippen LogP contribution < -0.4 is 41.4 Å². The molecular formula is C55H56N18O5. The van der Waals surface area contributed by atoms with Crippen molar-refractivity contribution in [3.63, 3.8) is 0 Å². The van der Waals surface area contributed by atoms with Crippen LogP contribution in [-0.4, -0.2) is 113 Å². The first-order valence-corrected chi connectivity index (χ1v) is 24.9. The second-order valence-corrected chi connectivity index (χ2v) is 18.5. The molecule has 2 amide bonds. The third-order valence-electron chi connectivity index (χ3n) is 12.6. The molecule has 23 heteroatoms. The zero-order valence-corrected chi connectivity index (χ0v) is 43.7. The SMILES string of the molecule is COc1c(Nc2nc(N(Cc3cc(Nc4nc(Nc5ccccn5)ncc4C(=O)NCCN(C)C)c(OC)c(-c4nc5ccccc5o4)c3)Cc3cnn(C4=CC=CCC4C)c3)ncc2C(N)=O)cccc1-c1ncn(C)n1. The maximum atomic E-state index is 14.0. The summed E-state index contributed by atoms with van der Waals surface area (Å²) >= 11 is 0. The number of pyridine rings is 1. The summed E-state index contributed by atoms with van der Waals surface area (Å²) in [4.78, 5) is 64.0. The van der Waals surface area contributed by atoms with Gasteiger partial charge in [-0.05, 0) is 80.7 Å². The second kappa shape index (κ2) is 22.8. The van der Waals surface area contributed by atoms with Gasteiger partial charge in [0.25, 0.3) is 11.8 Å². The number of para-hydroxylation sites is 3. The Kier molecular flexibility index (Phi) is 15.1. The molecule has 396 valence electrons. The maximum Gasteiger partial charge on any atom is 0.256 e. The number of fused-ring (bicyclic) bond motifs is 1. The van der Waals surface area contributed by atoms with Crippen LogP contribution in [0.1, 0.15) is 45.2 Å². The number of amides is 2. The van der Waals surface area contributed by atoms with Gasteiger partial charge >= 0.3 is 0 Å². The fourth-order valence-corrected chi connectivity index (χ4v) is 8.79. The molecule has 0 saturated heterocycles. The first kappa shape index (κ1) is 51.5. The van der Waals surface area contributed by atoms with Gasteiger partial charge in [-0.2, -0.15) is 20.2 Å². The number of nitrogens with zero attached hydrogens (tertiary/aromatic N) is 13. The lowest BCUT2D eigenvalue weighted by molar-refractivity contribution is 0.0950. The highest BCUT2D eigenvalue weighted by molar-refractivity contribution is 6.00. The summed E-state index contributed by atoms with van der Waals surface area (Å²) in [6, 6.07) is 22.1. The number of likely N-dealkylation sites (N-methyl/N-ethyl adjacent to an activating group) is 1. The minimum Gasteiger partial charge on any atom is -0.494 e. The number of hydrogen-bond acceptors (Lipinski definition) is 19. The Morgan fingerprint density at radius 2 is 1.60 bits per heavy atom. The monoisotopic (exact) mass is 1050 g/mol. The van der Waals surface area contributed by atoms with E-state index in [-0.39, 0.29) is 59.6 Å². The lowest BCUT2D eigenvalue weighted by Crippen LogP contribution is -2.32. The van der Waals surface area contributed by atoms with E-state index in [1.165, 1.54) is 26.6 Å². The molecular weight excluding hydrogens is 993 g/mol. The molecule has 3 aromatic carbocycles. The second-order valence-electron chi connectivity index (χ2n) is 18.5. The smallest absolute Gasteiger partial charge is 0.256 e. The van der Waals surface area contributed by atoms with E-state index in [4.69, 9.17) is 44.7 Å². The summed E-state index contributed by atoms with van der Waals surface area (Å²) in [6.45, 7) is 3.49. The number of carbonyl (C=O) groups is 2. The molecule has 1 aliphatic carbocycles. The number of allylic oxidation sites excluding steroid dienone is 4. The van der Waals surface area contributed by atoms with Crippen molar-refractivity contribution in [2.45, 2.75) is 26.4 Å². The number of oxazole rings is 1. The molecule has 0 spiro atoms. The van der Waals surface area contributed by atoms with Crippen molar-refractivity contribution >= 4 is 69.3 Å². The molecule has 6 aromatic heterocycles. The zero-order valence-electron chi connectivity index (χ0n) is 43.7. The minimum atomic E-state index is -0.759. The number of nitrogens with two attached hydrogens (primary N) is 1. The number of carbonyl (C=O) groups excluding carboxylic acids is 2. The van der Waals surface area contributed by atoms with Gasteiger partial charge in [0.2, 0.25) is 17.8 Å². The quantitative estimate of drug-likeness (QED) is 0.0460. The first-order valence-electron chi connectivity index (χ1n) is 24.9. The summed E-state index contributed by atoms with van der Waals surface area (Å²) in [5, 5.41) is 22.2. The molecule has 6 heterocycles. The Bertz CT molecular complexity index is 3670. The van der Waals surface area contributed by atoms with Gasteiger partial charge in [-0.1, -0.05) is 43.3 Å². The van der Waals surface area contributed by atoms with Crippen molar-refractivity contribution in [1.29, 1.82) is 0 Å². The van der Waals surface area contributed by atoms with Crippen LogP contribution in [0.5, 0.6) is 11.5 Å². The zero-order chi connectivity index (χ0) is 54.3. The number of aromatic nitrogens is 11. The number of anilines is 7. The molecule has 0 aliphatic heterocycles. The van der Waals surface area contributed by atoms with Crippen molar-refractivity contribution in [2.24, 2.45) is 18.7 Å². The van der Waals surface area contributed by atoms with Crippen molar-refractivity contribution < 1.29 is 23.5 Å². The molecule has 1 atom stereocenters. The number of nitrogens with one attached hydrogen (secondary N) is 4. The van der Waals surface area contributed by atoms with E-state index in [0.717, 1.165) is 17.7 Å². The Balaban J connectivity index is 1.10. The van der Waals surface area contributed by atoms with E-state index in [1.807, 2.05) is 95.4 Å². The Hall–Kier alpha value is -10.0. The highest BCUT2D eigenvalue weighted by Gasteiger charge is 2.26. The number of ether oxygens (including phenoxy) is 2. The predicted molar refractivity (Wildman–Crippen MR) is 296 cm³/mol. The fourth-order valence-electron chi connectivity index (χ4n) is 8.79. The van der Waals surface area contributed by atoms with Gasteiger partial charge in [0.1, 0.15) is 40.4 Å². The third-order valence-corrected chi connectivity index (χ3v) is 12.6. The standard InChI is InChI=1S/C55H56N18O5/c1-33-14-7-9-18-43(33)73-31-35(26-62-73)30-72(55-60-27-38(48(56)74)50(68-55)63-41-17-13-15-36(46(41)76-5)49-61-32-71(4)69-49)29-34-24-37(53-65-40-16-8-10-19-44(40)78-53)47(77-6)42(25-34)64-51-39(52(75)58-22-23-70(2)3)28-59-54(67-51)66-45-20-11-12-21-57-45/h7-13,15-21,24-28,31-33H,14,22-23,29-30H2,1-6H3,(H2,56,74)(H,58,75)(H,60,63,68)(H2,57,59,64,66,67). The molecule has 0 saturated carbocycles. The van der Waals surface area contributed by atoms with Crippen LogP contribution in [0.4, 0.5) is 40.7 Å². The van der Waals surface area contributed by atoms with E-state index in [9.17, 15) is 9.59 Å². The van der Waals surface area contributed by atoms with Crippen molar-refractivity contribution in [3.8, 4) is 34.3 Å². The summed E-state index contributed by atoms with van der Waals surface area (Å²) < 4.78 is 22.0. The maximum absolute atomic E-state index is 14.0. The van der Waals surface area contributed by atoms with Gasteiger partial charge < -0.3 is 50.7 Å². The largest absolute Gasteiger partial charge is 0.494 e. The van der Waals surface area contributed by atoms with Crippen LogP contribution in [0, 0.1) is 5.92 Å². The number of benzene rings is 3. The van der Waals surface area contributed by atoms with Gasteiger partial charge in [0, 0.05) is 75.2 Å². The van der Waals surface area contributed by atoms with Gasteiger partial charge in [-0.25, -0.2) is 29.6 Å². The predicted octanol–water partition coefficient (Wildman–Crippen LogP) is 7.74. The number of aryl methyl sites for hydroxylation is 1. The van der Waals surface area contributed by atoms with E-state index in [1.54, 1.807) is 48.6 Å². The van der Waals surface area contributed by atoms with Crippen molar-refractivity contribution in [2.75, 3.05) is 62.3 Å². The molecule has 0 bridgehead atoms. The third kappa shape index (κ3) is 11.4. The van der Waals surface area contributed by atoms with E-state index in [0.29, 0.717) is 75.4 Å². The fraction of sp³-hybridized carbons (Fsp3) is 0.218. The van der Waals surface area contributed by atoms with Crippen LogP contribution in [0.15, 0.2) is 133 Å². The van der Waals surface area contributed by atoms with Crippen LogP contribution in [0.2, 0.25) is 0 Å². The van der Waals surface area contributed by atoms with Crippen molar-refractivity contribution in [1.82, 2.24) is 64.7 Å². The molecule has 1 unspecified atom stereocenters. The summed E-state index contributed by atoms with van der Waals surface area (Å²) in [7, 11) is 8.70. The first-order chi connectivity index (χ1) is 37.9. The molecule has 0 fully saturated rings. The molecule has 6 N–H and O–H groups in total. The van der Waals surface area contributed by atoms with Crippen LogP contribution in [-0.2, 0) is 20.1 Å². The summed E-state index contributed by atoms with van der Waals surface area (Å²) in [5.41, 5.74) is 11.9. The topological polar surface area (TPSA) is 272 Å². The highest BCUT2D eigenvalue weighted by atomic mass is 16.5. The Morgan fingerprint density at radius 3 is 2.36 bits per heavy atom. The van der Waals surface area contributed by atoms with Crippen LogP contribution in [0.25, 0.3) is 39.6 Å². The van der Waals surface area contributed by atoms with Crippen LogP contribution in [0.3, 0.4) is 0 Å². The molecule has 78 heavy (non-hydrogen) atoms. The lowest BCUT2D eigenvalue weighted by Gasteiger charge is -2.25. The average molecular weight is 1050 g/mol. The summed E-state index contributed by atoms with van der Waals surface area (Å²) in [6.07, 6.45) is 17.0. The van der Waals surface area contributed by atoms with Gasteiger partial charge in [0.05, 0.1) is 42.9 Å². The Morgan fingerprint density at radius 1 is 0.821 bits per heavy atom. The summed E-state index contributed by atoms with van der Waals surface area (Å²) in [5.74, 6) is 1.69. The number of hydrogen-bond donors (Lipinski definition) is 5. The molecule has 10 rings (SSSR count). The number of primary amides is 1. The number of rotatable bonds is 21. The molecule has 0 radical (unpaired) electrons. The van der Waals surface area contributed by atoms with Crippen molar-refractivity contribution in [3.05, 3.63) is 151 Å². The van der Waals surface area contributed by atoms with Gasteiger partial charge in [-0.3, -0.25) is 14.3 Å². The minimum absolute atomic E-state index is 0.0266. The van der Waals surface area contributed by atoms with E-state index in [2.05, 4.69) is 60.4 Å². The normalized spacial score (nSPS) is 13.1. The number of methoxy groups -OCH3 is 2. The molecule has 23 nitrogen and oxygen atoms in total. The Labute approximate surface area is 448 Å². The molecule has 1 aliphatic rings. The van der Waals surface area contributed by atoms with Gasteiger partial charge in [-0.15, -0.1) is 0 Å². The van der Waals surface area contributed by atoms with E-state index < -0.39 is 11.8 Å². The average Bonchev–Trinajstić information content (AvgIpc) is 4.21. The molecule has 9 aromatic rings. The highest BCUT2D eigenvalue weighted by Crippen LogP contribution is 2.42. The van der Waals surface area contributed by atoms with Crippen LogP contribution >= 0.6 is 0 Å². The van der Waals surface area contributed by atoms with E-state index >= 15 is 0 Å². The van der Waals surface area contributed by atoms with Gasteiger partial charge in [0.15, 0.2) is 22.9 Å². The lowest BCUT2D eigenvalue weighted by atomic mass is 9.99.